The van der Waals surface area contributed by atoms with Gasteiger partial charge in [0.25, 0.3) is 0 Å². The minimum atomic E-state index is -0.0328. The van der Waals surface area contributed by atoms with Crippen molar-refractivity contribution < 1.29 is 9.47 Å². The minimum absolute atomic E-state index is 0.0328. The molecule has 0 bridgehead atoms. The van der Waals surface area contributed by atoms with Gasteiger partial charge in [-0.3, -0.25) is 4.90 Å². The van der Waals surface area contributed by atoms with E-state index in [1.54, 1.807) is 7.11 Å². The van der Waals surface area contributed by atoms with Gasteiger partial charge in [-0.1, -0.05) is 30.3 Å². The smallest absolute Gasteiger partial charge is 0.123 e. The molecule has 0 radical (unpaired) electrons. The number of likely N-dealkylation sites (tertiary alicyclic amines) is 1. The van der Waals surface area contributed by atoms with E-state index in [2.05, 4.69) is 61.2 Å². The summed E-state index contributed by atoms with van der Waals surface area (Å²) in [6.45, 7) is 7.67. The molecular formula is C24H31NO2. The van der Waals surface area contributed by atoms with Gasteiger partial charge in [-0.25, -0.2) is 0 Å². The van der Waals surface area contributed by atoms with E-state index < -0.39 is 0 Å². The number of ether oxygens (including phenoxy) is 2. The molecule has 0 aromatic heterocycles. The highest BCUT2D eigenvalue weighted by molar-refractivity contribution is 5.40. The molecule has 2 aliphatic heterocycles. The van der Waals surface area contributed by atoms with Gasteiger partial charge in [0.05, 0.1) is 7.11 Å². The standard InChI is InChI=1S/C24H31NO2/c1-24(2)13-10-20-16-18(8-9-22(20)27-24)17-25-14-11-19(12-15-25)21-6-4-5-7-23(21)26-3/h4-9,16,19H,10-15,17H2,1-3H3. The fourth-order valence-corrected chi connectivity index (χ4v) is 4.47. The Kier molecular flexibility index (Phi) is 5.14. The zero-order valence-corrected chi connectivity index (χ0v) is 16.8. The SMILES string of the molecule is COc1ccccc1C1CCN(Cc2ccc3c(c2)CCC(C)(C)O3)CC1. The zero-order chi connectivity index (χ0) is 18.9. The van der Waals surface area contributed by atoms with Crippen LogP contribution >= 0.6 is 0 Å². The summed E-state index contributed by atoms with van der Waals surface area (Å²) < 4.78 is 11.7. The Balaban J connectivity index is 1.37. The van der Waals surface area contributed by atoms with Crippen molar-refractivity contribution in [3.05, 3.63) is 59.2 Å². The Hall–Kier alpha value is -2.00. The predicted octanol–water partition coefficient (Wildman–Crippen LogP) is 5.18. The van der Waals surface area contributed by atoms with Crippen molar-refractivity contribution in [2.24, 2.45) is 0 Å². The molecule has 0 amide bonds. The van der Waals surface area contributed by atoms with E-state index in [4.69, 9.17) is 9.47 Å². The van der Waals surface area contributed by atoms with Gasteiger partial charge < -0.3 is 9.47 Å². The van der Waals surface area contributed by atoms with Crippen molar-refractivity contribution >= 4 is 0 Å². The fraction of sp³-hybridized carbons (Fsp3) is 0.500. The highest BCUT2D eigenvalue weighted by Crippen LogP contribution is 2.36. The van der Waals surface area contributed by atoms with Crippen LogP contribution < -0.4 is 9.47 Å². The molecular weight excluding hydrogens is 334 g/mol. The average molecular weight is 366 g/mol. The second kappa shape index (κ2) is 7.55. The Morgan fingerprint density at radius 1 is 1.11 bits per heavy atom. The molecule has 0 spiro atoms. The highest BCUT2D eigenvalue weighted by Gasteiger charge is 2.27. The van der Waals surface area contributed by atoms with E-state index in [-0.39, 0.29) is 5.60 Å². The van der Waals surface area contributed by atoms with Crippen LogP contribution in [0.4, 0.5) is 0 Å². The van der Waals surface area contributed by atoms with Crippen molar-refractivity contribution in [3.63, 3.8) is 0 Å². The van der Waals surface area contributed by atoms with E-state index in [1.165, 1.54) is 29.5 Å². The summed E-state index contributed by atoms with van der Waals surface area (Å²) in [4.78, 5) is 2.58. The Bertz CT molecular complexity index is 791. The molecule has 0 unspecified atom stereocenters. The van der Waals surface area contributed by atoms with Crippen LogP contribution in [0.25, 0.3) is 0 Å². The molecule has 2 aromatic rings. The molecule has 3 nitrogen and oxygen atoms in total. The van der Waals surface area contributed by atoms with E-state index in [9.17, 15) is 0 Å². The molecule has 0 N–H and O–H groups in total. The molecule has 3 heteroatoms. The highest BCUT2D eigenvalue weighted by atomic mass is 16.5. The first-order valence-electron chi connectivity index (χ1n) is 10.2. The normalized spacial score (nSPS) is 20.0. The van der Waals surface area contributed by atoms with Gasteiger partial charge in [0.1, 0.15) is 17.1 Å². The summed E-state index contributed by atoms with van der Waals surface area (Å²) in [5.74, 6) is 2.72. The topological polar surface area (TPSA) is 21.7 Å². The Morgan fingerprint density at radius 2 is 1.89 bits per heavy atom. The predicted molar refractivity (Wildman–Crippen MR) is 110 cm³/mol. The number of benzene rings is 2. The number of para-hydroxylation sites is 1. The molecule has 144 valence electrons. The summed E-state index contributed by atoms with van der Waals surface area (Å²) >= 11 is 0. The number of nitrogens with zero attached hydrogens (tertiary/aromatic N) is 1. The molecule has 2 aromatic carbocycles. The number of piperidine rings is 1. The number of methoxy groups -OCH3 is 1. The molecule has 27 heavy (non-hydrogen) atoms. The number of hydrogen-bond acceptors (Lipinski definition) is 3. The first-order valence-corrected chi connectivity index (χ1v) is 10.2. The van der Waals surface area contributed by atoms with Gasteiger partial charge in [0, 0.05) is 6.54 Å². The van der Waals surface area contributed by atoms with E-state index >= 15 is 0 Å². The first kappa shape index (κ1) is 18.4. The van der Waals surface area contributed by atoms with E-state index in [0.29, 0.717) is 5.92 Å². The van der Waals surface area contributed by atoms with Crippen LogP contribution in [-0.2, 0) is 13.0 Å². The maximum Gasteiger partial charge on any atom is 0.123 e. The number of rotatable bonds is 4. The quantitative estimate of drug-likeness (QED) is 0.745. The second-order valence-electron chi connectivity index (χ2n) is 8.60. The number of aryl methyl sites for hydroxylation is 1. The Labute approximate surface area is 163 Å². The third-order valence-corrected chi connectivity index (χ3v) is 6.08. The van der Waals surface area contributed by atoms with Crippen molar-refractivity contribution in [2.75, 3.05) is 20.2 Å². The summed E-state index contributed by atoms with van der Waals surface area (Å²) in [7, 11) is 1.77. The molecule has 0 saturated carbocycles. The summed E-state index contributed by atoms with van der Waals surface area (Å²) in [5, 5.41) is 0. The van der Waals surface area contributed by atoms with Crippen LogP contribution in [0.2, 0.25) is 0 Å². The molecule has 2 aliphatic rings. The first-order chi connectivity index (χ1) is 13.0. The average Bonchev–Trinajstić information content (AvgIpc) is 2.68. The maximum absolute atomic E-state index is 6.12. The largest absolute Gasteiger partial charge is 0.496 e. The maximum atomic E-state index is 6.12. The van der Waals surface area contributed by atoms with Gasteiger partial charge in [-0.05, 0) is 87.4 Å². The van der Waals surface area contributed by atoms with Crippen molar-refractivity contribution in [1.82, 2.24) is 4.90 Å². The van der Waals surface area contributed by atoms with Crippen LogP contribution in [0.1, 0.15) is 55.7 Å². The fourth-order valence-electron chi connectivity index (χ4n) is 4.47. The second-order valence-corrected chi connectivity index (χ2v) is 8.60. The van der Waals surface area contributed by atoms with Crippen molar-refractivity contribution in [3.8, 4) is 11.5 Å². The Morgan fingerprint density at radius 3 is 2.67 bits per heavy atom. The summed E-state index contributed by atoms with van der Waals surface area (Å²) in [6.07, 6.45) is 4.60. The minimum Gasteiger partial charge on any atom is -0.496 e. The molecule has 0 aliphatic carbocycles. The van der Waals surface area contributed by atoms with Crippen LogP contribution in [0.15, 0.2) is 42.5 Å². The van der Waals surface area contributed by atoms with Crippen LogP contribution in [0.5, 0.6) is 11.5 Å². The van der Waals surface area contributed by atoms with Gasteiger partial charge in [0.15, 0.2) is 0 Å². The summed E-state index contributed by atoms with van der Waals surface area (Å²) in [6, 6.07) is 15.3. The lowest BCUT2D eigenvalue weighted by molar-refractivity contribution is 0.0845. The van der Waals surface area contributed by atoms with Gasteiger partial charge in [-0.2, -0.15) is 0 Å². The lowest BCUT2D eigenvalue weighted by atomic mass is 9.88. The van der Waals surface area contributed by atoms with Crippen LogP contribution in [-0.4, -0.2) is 30.7 Å². The lowest BCUT2D eigenvalue weighted by Gasteiger charge is -2.34. The van der Waals surface area contributed by atoms with E-state index in [0.717, 1.165) is 44.0 Å². The lowest BCUT2D eigenvalue weighted by Crippen LogP contribution is -2.33. The monoisotopic (exact) mass is 365 g/mol. The molecule has 1 saturated heterocycles. The van der Waals surface area contributed by atoms with Gasteiger partial charge >= 0.3 is 0 Å². The molecule has 1 fully saturated rings. The summed E-state index contributed by atoms with van der Waals surface area (Å²) in [5.41, 5.74) is 4.12. The molecule has 4 rings (SSSR count). The van der Waals surface area contributed by atoms with Crippen LogP contribution in [0, 0.1) is 0 Å². The van der Waals surface area contributed by atoms with Gasteiger partial charge in [-0.15, -0.1) is 0 Å². The zero-order valence-electron chi connectivity index (χ0n) is 16.8. The molecule has 2 heterocycles. The van der Waals surface area contributed by atoms with Crippen LogP contribution in [0.3, 0.4) is 0 Å². The van der Waals surface area contributed by atoms with Crippen molar-refractivity contribution in [2.45, 2.75) is 57.6 Å². The van der Waals surface area contributed by atoms with Gasteiger partial charge in [0.2, 0.25) is 0 Å². The number of fused-ring (bicyclic) bond motifs is 1. The third kappa shape index (κ3) is 4.14. The molecule has 0 atom stereocenters. The number of hydrogen-bond donors (Lipinski definition) is 0. The van der Waals surface area contributed by atoms with Crippen molar-refractivity contribution in [1.29, 1.82) is 0 Å². The van der Waals surface area contributed by atoms with E-state index in [1.807, 2.05) is 0 Å². The third-order valence-electron chi connectivity index (χ3n) is 6.08.